The predicted molar refractivity (Wildman–Crippen MR) is 101 cm³/mol. The van der Waals surface area contributed by atoms with Crippen molar-refractivity contribution in [3.05, 3.63) is 59.1 Å². The third kappa shape index (κ3) is 3.68. The zero-order valence-corrected chi connectivity index (χ0v) is 15.5. The number of hydrogen-bond donors (Lipinski definition) is 2. The number of carbonyl (C=O) groups excluding carboxylic acids is 2. The average molecular weight is 373 g/mol. The Balaban J connectivity index is 1.71. The Morgan fingerprint density at radius 2 is 1.81 bits per heavy atom. The number of rotatable bonds is 6. The van der Waals surface area contributed by atoms with Gasteiger partial charge in [0.15, 0.2) is 0 Å². The number of benzene rings is 2. The summed E-state index contributed by atoms with van der Waals surface area (Å²) < 4.78 is 5.24. The van der Waals surface area contributed by atoms with E-state index in [4.69, 9.17) is 16.3 Å². The monoisotopic (exact) mass is 372 g/mol. The fraction of sp³-hybridized carbons (Fsp3) is 0.300. The first-order valence-corrected chi connectivity index (χ1v) is 8.85. The van der Waals surface area contributed by atoms with Crippen LogP contribution in [0.5, 0.6) is 5.75 Å². The molecule has 0 radical (unpaired) electrons. The maximum absolute atomic E-state index is 12.8. The van der Waals surface area contributed by atoms with Crippen molar-refractivity contribution in [2.24, 2.45) is 5.41 Å². The van der Waals surface area contributed by atoms with E-state index in [-0.39, 0.29) is 17.9 Å². The fourth-order valence-electron chi connectivity index (χ4n) is 2.86. The summed E-state index contributed by atoms with van der Waals surface area (Å²) in [6, 6.07) is 14.4. The van der Waals surface area contributed by atoms with E-state index in [2.05, 4.69) is 10.6 Å². The average Bonchev–Trinajstić information content (AvgIpc) is 3.45. The van der Waals surface area contributed by atoms with Crippen LogP contribution in [0.1, 0.15) is 31.4 Å². The normalized spacial score (nSPS) is 15.7. The van der Waals surface area contributed by atoms with Gasteiger partial charge < -0.3 is 15.4 Å². The van der Waals surface area contributed by atoms with Gasteiger partial charge in [-0.05, 0) is 43.5 Å². The van der Waals surface area contributed by atoms with Crippen LogP contribution in [0.2, 0.25) is 5.02 Å². The minimum absolute atomic E-state index is 0.172. The van der Waals surface area contributed by atoms with Gasteiger partial charge in [-0.15, -0.1) is 0 Å². The summed E-state index contributed by atoms with van der Waals surface area (Å²) in [6.45, 7) is 1.90. The van der Waals surface area contributed by atoms with E-state index < -0.39 is 5.41 Å². The molecular formula is C20H21ClN2O3. The van der Waals surface area contributed by atoms with E-state index >= 15 is 0 Å². The Hall–Kier alpha value is -2.53. The third-order valence-corrected chi connectivity index (χ3v) is 4.91. The lowest BCUT2D eigenvalue weighted by Gasteiger charge is -2.20. The van der Waals surface area contributed by atoms with E-state index in [0.29, 0.717) is 29.3 Å². The van der Waals surface area contributed by atoms with Gasteiger partial charge in [-0.2, -0.15) is 0 Å². The molecule has 1 aliphatic carbocycles. The summed E-state index contributed by atoms with van der Waals surface area (Å²) in [5, 5.41) is 6.22. The lowest BCUT2D eigenvalue weighted by atomic mass is 10.0. The third-order valence-electron chi connectivity index (χ3n) is 4.68. The first kappa shape index (κ1) is 18.3. The Labute approximate surface area is 157 Å². The van der Waals surface area contributed by atoms with Crippen LogP contribution in [-0.4, -0.2) is 18.9 Å². The number of amides is 2. The van der Waals surface area contributed by atoms with E-state index in [1.54, 1.807) is 18.2 Å². The van der Waals surface area contributed by atoms with Crippen molar-refractivity contribution >= 4 is 29.1 Å². The molecule has 5 nitrogen and oxygen atoms in total. The van der Waals surface area contributed by atoms with Crippen LogP contribution in [0.3, 0.4) is 0 Å². The molecule has 0 spiro atoms. The van der Waals surface area contributed by atoms with Crippen molar-refractivity contribution in [2.75, 3.05) is 12.4 Å². The van der Waals surface area contributed by atoms with Crippen LogP contribution in [-0.2, 0) is 9.59 Å². The number of halogens is 1. The van der Waals surface area contributed by atoms with Crippen molar-refractivity contribution in [3.8, 4) is 5.75 Å². The standard InChI is InChI=1S/C20H21ClN2O3/c1-13(14-6-4-3-5-7-14)22-18(24)20(10-11-20)19(25)23-16-12-15(21)8-9-17(16)26-2/h3-9,12-13H,10-11H2,1-2H3,(H,22,24)(H,23,25). The highest BCUT2D eigenvalue weighted by Gasteiger charge is 2.56. The van der Waals surface area contributed by atoms with Gasteiger partial charge >= 0.3 is 0 Å². The van der Waals surface area contributed by atoms with Crippen molar-refractivity contribution in [1.82, 2.24) is 5.32 Å². The molecule has 0 aromatic heterocycles. The molecule has 1 aliphatic rings. The van der Waals surface area contributed by atoms with Crippen molar-refractivity contribution in [2.45, 2.75) is 25.8 Å². The zero-order valence-electron chi connectivity index (χ0n) is 14.7. The molecule has 1 fully saturated rings. The number of ether oxygens (including phenoxy) is 1. The van der Waals surface area contributed by atoms with Crippen LogP contribution >= 0.6 is 11.6 Å². The highest BCUT2D eigenvalue weighted by Crippen LogP contribution is 2.47. The minimum Gasteiger partial charge on any atom is -0.495 e. The van der Waals surface area contributed by atoms with Crippen molar-refractivity contribution in [3.63, 3.8) is 0 Å². The van der Waals surface area contributed by atoms with Crippen molar-refractivity contribution < 1.29 is 14.3 Å². The lowest BCUT2D eigenvalue weighted by Crippen LogP contribution is -2.41. The number of hydrogen-bond acceptors (Lipinski definition) is 3. The second kappa shape index (κ2) is 7.38. The van der Waals surface area contributed by atoms with Crippen LogP contribution in [0.15, 0.2) is 48.5 Å². The van der Waals surface area contributed by atoms with E-state index in [1.165, 1.54) is 7.11 Å². The largest absolute Gasteiger partial charge is 0.495 e. The molecule has 0 saturated heterocycles. The molecule has 2 aromatic carbocycles. The fourth-order valence-corrected chi connectivity index (χ4v) is 3.03. The summed E-state index contributed by atoms with van der Waals surface area (Å²) in [6.07, 6.45) is 1.05. The Bertz CT molecular complexity index is 819. The highest BCUT2D eigenvalue weighted by molar-refractivity contribution is 6.31. The maximum Gasteiger partial charge on any atom is 0.240 e. The summed E-state index contributed by atoms with van der Waals surface area (Å²) in [4.78, 5) is 25.5. The predicted octanol–water partition coefficient (Wildman–Crippen LogP) is 3.94. The van der Waals surface area contributed by atoms with Crippen LogP contribution in [0.25, 0.3) is 0 Å². The van der Waals surface area contributed by atoms with Gasteiger partial charge in [0.2, 0.25) is 11.8 Å². The summed E-state index contributed by atoms with van der Waals surface area (Å²) >= 11 is 6.00. The van der Waals surface area contributed by atoms with Crippen LogP contribution < -0.4 is 15.4 Å². The molecule has 1 saturated carbocycles. The molecule has 3 rings (SSSR count). The highest BCUT2D eigenvalue weighted by atomic mass is 35.5. The Kier molecular flexibility index (Phi) is 5.18. The van der Waals surface area contributed by atoms with Gasteiger partial charge in [0.25, 0.3) is 0 Å². The summed E-state index contributed by atoms with van der Waals surface area (Å²) in [5.41, 5.74) is 0.421. The van der Waals surface area contributed by atoms with Crippen LogP contribution in [0, 0.1) is 5.41 Å². The molecule has 26 heavy (non-hydrogen) atoms. The molecule has 0 aliphatic heterocycles. The van der Waals surface area contributed by atoms with E-state index in [0.717, 1.165) is 5.56 Å². The SMILES string of the molecule is COc1ccc(Cl)cc1NC(=O)C1(C(=O)NC(C)c2ccccc2)CC1. The second-order valence-corrected chi connectivity index (χ2v) is 6.92. The van der Waals surface area contributed by atoms with E-state index in [1.807, 2.05) is 37.3 Å². The minimum atomic E-state index is -1.03. The molecular weight excluding hydrogens is 352 g/mol. The Morgan fingerprint density at radius 3 is 2.42 bits per heavy atom. The van der Waals surface area contributed by atoms with Gasteiger partial charge in [-0.25, -0.2) is 0 Å². The Morgan fingerprint density at radius 1 is 1.12 bits per heavy atom. The number of nitrogens with one attached hydrogen (secondary N) is 2. The van der Waals surface area contributed by atoms with Gasteiger partial charge in [-0.1, -0.05) is 41.9 Å². The molecule has 6 heteroatoms. The molecule has 136 valence electrons. The molecule has 2 amide bonds. The van der Waals surface area contributed by atoms with Crippen molar-refractivity contribution in [1.29, 1.82) is 0 Å². The lowest BCUT2D eigenvalue weighted by molar-refractivity contribution is -0.134. The molecule has 0 bridgehead atoms. The van der Waals surface area contributed by atoms with E-state index in [9.17, 15) is 9.59 Å². The van der Waals surface area contributed by atoms with Crippen LogP contribution in [0.4, 0.5) is 5.69 Å². The first-order chi connectivity index (χ1) is 12.5. The summed E-state index contributed by atoms with van der Waals surface area (Å²) in [5.74, 6) is -0.0974. The number of anilines is 1. The number of carbonyl (C=O) groups is 2. The second-order valence-electron chi connectivity index (χ2n) is 6.49. The molecule has 2 aromatic rings. The quantitative estimate of drug-likeness (QED) is 0.754. The summed E-state index contributed by atoms with van der Waals surface area (Å²) in [7, 11) is 1.51. The molecule has 0 heterocycles. The molecule has 2 N–H and O–H groups in total. The number of methoxy groups -OCH3 is 1. The molecule has 1 unspecified atom stereocenters. The molecule has 1 atom stereocenters. The zero-order chi connectivity index (χ0) is 18.7. The van der Waals surface area contributed by atoms with Gasteiger partial charge in [0.05, 0.1) is 18.8 Å². The van der Waals surface area contributed by atoms with Gasteiger partial charge in [-0.3, -0.25) is 9.59 Å². The first-order valence-electron chi connectivity index (χ1n) is 8.47. The van der Waals surface area contributed by atoms with Gasteiger partial charge in [0, 0.05) is 5.02 Å². The topological polar surface area (TPSA) is 67.4 Å². The van der Waals surface area contributed by atoms with Gasteiger partial charge in [0.1, 0.15) is 11.2 Å². The smallest absolute Gasteiger partial charge is 0.240 e. The maximum atomic E-state index is 12.8.